The first-order valence-corrected chi connectivity index (χ1v) is 11.9. The van der Waals surface area contributed by atoms with E-state index in [1.54, 1.807) is 0 Å². The molecule has 2 unspecified atom stereocenters. The minimum absolute atomic E-state index is 0. The summed E-state index contributed by atoms with van der Waals surface area (Å²) in [6.45, 7) is 7.14. The van der Waals surface area contributed by atoms with Crippen molar-refractivity contribution in [2.45, 2.75) is 44.6 Å². The molecule has 0 saturated carbocycles. The Balaban J connectivity index is 0.00000225. The third-order valence-electron chi connectivity index (χ3n) is 5.59. The van der Waals surface area contributed by atoms with Crippen LogP contribution in [0.3, 0.4) is 0 Å². The van der Waals surface area contributed by atoms with Gasteiger partial charge >= 0.3 is 169 Å². The van der Waals surface area contributed by atoms with Crippen molar-refractivity contribution in [1.82, 2.24) is 0 Å². The molecule has 0 N–H and O–H groups in total. The van der Waals surface area contributed by atoms with Gasteiger partial charge in [0, 0.05) is 0 Å². The molecule has 0 aromatic heterocycles. The van der Waals surface area contributed by atoms with Gasteiger partial charge in [0.25, 0.3) is 0 Å². The van der Waals surface area contributed by atoms with E-state index in [0.29, 0.717) is 27.0 Å². The molecule has 0 amide bonds. The van der Waals surface area contributed by atoms with Crippen LogP contribution in [0.15, 0.2) is 72.8 Å². The molecule has 146 valence electrons. The zero-order chi connectivity index (χ0) is 18.9. The van der Waals surface area contributed by atoms with Crippen LogP contribution in [-0.4, -0.2) is 31.8 Å². The van der Waals surface area contributed by atoms with Crippen LogP contribution in [0, 0.1) is 5.41 Å². The molecule has 2 atom stereocenters. The molecule has 0 spiro atoms. The predicted molar refractivity (Wildman–Crippen MR) is 118 cm³/mol. The molecule has 1 aliphatic rings. The van der Waals surface area contributed by atoms with E-state index in [0.717, 1.165) is 0 Å². The molecule has 0 fully saturated rings. The summed E-state index contributed by atoms with van der Waals surface area (Å²) in [7, 11) is 0. The van der Waals surface area contributed by atoms with Crippen molar-refractivity contribution in [3.8, 4) is 0 Å². The quantitative estimate of drug-likeness (QED) is 0.373. The number of rotatable bonds is 5. The molecule has 3 heteroatoms. The van der Waals surface area contributed by atoms with Gasteiger partial charge in [-0.1, -0.05) is 0 Å². The second-order valence-electron chi connectivity index (χ2n) is 8.29. The van der Waals surface area contributed by atoms with Crippen molar-refractivity contribution in [1.29, 1.82) is 0 Å². The van der Waals surface area contributed by atoms with E-state index < -0.39 is 0 Å². The average Bonchev–Trinajstić information content (AvgIpc) is 3.01. The van der Waals surface area contributed by atoms with Crippen molar-refractivity contribution < 1.29 is 21.6 Å². The fourth-order valence-electron chi connectivity index (χ4n) is 4.33. The normalized spacial score (nSPS) is 19.1. The number of nitrogens with zero attached hydrogens (tertiary/aromatic N) is 1. The van der Waals surface area contributed by atoms with Crippen molar-refractivity contribution in [2.24, 2.45) is 5.41 Å². The molecule has 4 rings (SSSR count). The standard InChI is InChI=1S/C25H28NSe.BrH/c1-19(23-15-9-11-20-10-7-8-14-24(20)23)26-18-25(2,3)16-21(26)17-27-22-12-5-4-6-13-22;/h4-15,18-19,21H,16-17H2,1-3H3;1H/q+1;/p-1. The minimum Gasteiger partial charge on any atom is -1.00 e. The van der Waals surface area contributed by atoms with Gasteiger partial charge in [0.2, 0.25) is 0 Å². The van der Waals surface area contributed by atoms with Gasteiger partial charge in [-0.2, -0.15) is 0 Å². The van der Waals surface area contributed by atoms with Crippen LogP contribution in [0.25, 0.3) is 10.8 Å². The van der Waals surface area contributed by atoms with E-state index in [4.69, 9.17) is 0 Å². The van der Waals surface area contributed by atoms with Gasteiger partial charge in [-0.3, -0.25) is 0 Å². The number of halogens is 1. The van der Waals surface area contributed by atoms with E-state index in [9.17, 15) is 0 Å². The van der Waals surface area contributed by atoms with Crippen LogP contribution in [0.1, 0.15) is 38.8 Å². The molecule has 0 radical (unpaired) electrons. The van der Waals surface area contributed by atoms with Crippen LogP contribution in [0.4, 0.5) is 0 Å². The number of hydrogen-bond donors (Lipinski definition) is 0. The first-order chi connectivity index (χ1) is 13.0. The van der Waals surface area contributed by atoms with E-state index in [2.05, 4.69) is 104 Å². The monoisotopic (exact) mass is 501 g/mol. The van der Waals surface area contributed by atoms with E-state index in [1.165, 1.54) is 32.5 Å². The molecule has 1 heterocycles. The summed E-state index contributed by atoms with van der Waals surface area (Å²) in [5, 5.41) is 4.00. The second-order valence-corrected chi connectivity index (χ2v) is 10.6. The molecule has 1 aliphatic heterocycles. The third kappa shape index (κ3) is 4.59. The summed E-state index contributed by atoms with van der Waals surface area (Å²) in [5.41, 5.74) is 1.72. The smallest absolute Gasteiger partial charge is 1.00 e. The molecule has 1 nitrogen and oxygen atoms in total. The molecule has 28 heavy (non-hydrogen) atoms. The van der Waals surface area contributed by atoms with E-state index in [-0.39, 0.29) is 22.4 Å². The van der Waals surface area contributed by atoms with Crippen molar-refractivity contribution in [3.63, 3.8) is 0 Å². The maximum Gasteiger partial charge on any atom is -1.00 e. The van der Waals surface area contributed by atoms with Crippen LogP contribution in [0.5, 0.6) is 0 Å². The molecular weight excluding hydrogens is 473 g/mol. The van der Waals surface area contributed by atoms with Gasteiger partial charge in [0.15, 0.2) is 0 Å². The van der Waals surface area contributed by atoms with Crippen LogP contribution >= 0.6 is 0 Å². The Labute approximate surface area is 185 Å². The summed E-state index contributed by atoms with van der Waals surface area (Å²) in [6.07, 6.45) is 3.75. The predicted octanol–water partition coefficient (Wildman–Crippen LogP) is 2.23. The largest absolute Gasteiger partial charge is 1.00 e. The van der Waals surface area contributed by atoms with Crippen LogP contribution in [0.2, 0.25) is 5.32 Å². The summed E-state index contributed by atoms with van der Waals surface area (Å²) in [4.78, 5) is 0. The first kappa shape index (κ1) is 21.3. The molecule has 0 saturated heterocycles. The van der Waals surface area contributed by atoms with E-state index in [1.807, 2.05) is 0 Å². The van der Waals surface area contributed by atoms with Gasteiger partial charge in [0.1, 0.15) is 0 Å². The zero-order valence-electron chi connectivity index (χ0n) is 16.8. The first-order valence-electron chi connectivity index (χ1n) is 9.82. The maximum atomic E-state index is 2.66. The summed E-state index contributed by atoms with van der Waals surface area (Å²) in [6, 6.07) is 27.5. The summed E-state index contributed by atoms with van der Waals surface area (Å²) >= 11 is 0.525. The minimum atomic E-state index is 0. The molecule has 3 aromatic carbocycles. The SMILES string of the molecule is CC(c1cccc2ccccc12)[N+]1=CC(C)(C)CC1C[Se]c1ccccc1.[Br-]. The Kier molecular flexibility index (Phi) is 6.81. The number of fused-ring (bicyclic) bond motifs is 1. The van der Waals surface area contributed by atoms with Gasteiger partial charge < -0.3 is 17.0 Å². The molecular formula is C25H28BrNSe. The van der Waals surface area contributed by atoms with Gasteiger partial charge in [-0.25, -0.2) is 0 Å². The summed E-state index contributed by atoms with van der Waals surface area (Å²) in [5.74, 6) is 0. The second kappa shape index (κ2) is 8.95. The van der Waals surface area contributed by atoms with Crippen LogP contribution < -0.4 is 21.4 Å². The Morgan fingerprint density at radius 3 is 2.43 bits per heavy atom. The number of benzene rings is 3. The molecule has 0 aliphatic carbocycles. The van der Waals surface area contributed by atoms with Crippen molar-refractivity contribution in [2.75, 3.05) is 0 Å². The molecule has 3 aromatic rings. The summed E-state index contributed by atoms with van der Waals surface area (Å²) < 4.78 is 4.17. The zero-order valence-corrected chi connectivity index (χ0v) is 20.1. The van der Waals surface area contributed by atoms with Gasteiger partial charge in [-0.15, -0.1) is 0 Å². The fraction of sp³-hybridized carbons (Fsp3) is 0.320. The maximum absolute atomic E-state index is 2.66. The Morgan fingerprint density at radius 2 is 1.64 bits per heavy atom. The van der Waals surface area contributed by atoms with Crippen molar-refractivity contribution >= 4 is 36.4 Å². The average molecular weight is 501 g/mol. The fourth-order valence-corrected chi connectivity index (χ4v) is 6.48. The van der Waals surface area contributed by atoms with Gasteiger partial charge in [-0.05, 0) is 0 Å². The Hall–Kier alpha value is -1.41. The number of hydrogen-bond acceptors (Lipinski definition) is 0. The topological polar surface area (TPSA) is 3.01 Å². The Morgan fingerprint density at radius 1 is 0.964 bits per heavy atom. The molecule has 0 bridgehead atoms. The van der Waals surface area contributed by atoms with Crippen molar-refractivity contribution in [3.05, 3.63) is 78.4 Å². The third-order valence-corrected chi connectivity index (χ3v) is 8.02. The van der Waals surface area contributed by atoms with Gasteiger partial charge in [0.05, 0.1) is 0 Å². The van der Waals surface area contributed by atoms with Crippen LogP contribution in [-0.2, 0) is 0 Å². The Bertz CT molecular complexity index is 959. The van der Waals surface area contributed by atoms with E-state index >= 15 is 0 Å².